The molecule has 0 saturated carbocycles. The van der Waals surface area contributed by atoms with Crippen molar-refractivity contribution in [3.8, 4) is 5.75 Å². The number of hydrogen-bond acceptors (Lipinski definition) is 6. The third-order valence-electron chi connectivity index (χ3n) is 3.11. The van der Waals surface area contributed by atoms with Crippen LogP contribution in [0.25, 0.3) is 0 Å². The largest absolute Gasteiger partial charge is 0.494 e. The summed E-state index contributed by atoms with van der Waals surface area (Å²) in [6, 6.07) is 9.64. The summed E-state index contributed by atoms with van der Waals surface area (Å²) < 4.78 is 34.7. The average molecular weight is 352 g/mol. The van der Waals surface area contributed by atoms with E-state index in [1.54, 1.807) is 24.3 Å². The Balaban J connectivity index is 1.78. The molecular formula is C16H20N2O5S. The Hall–Kier alpha value is -2.32. The minimum absolute atomic E-state index is 0.100. The lowest BCUT2D eigenvalue weighted by molar-refractivity contribution is -0.120. The van der Waals surface area contributed by atoms with Gasteiger partial charge in [0.1, 0.15) is 17.4 Å². The van der Waals surface area contributed by atoms with E-state index < -0.39 is 9.84 Å². The predicted octanol–water partition coefficient (Wildman–Crippen LogP) is 1.32. The van der Waals surface area contributed by atoms with Crippen LogP contribution >= 0.6 is 0 Å². The average Bonchev–Trinajstić information content (AvgIpc) is 3.07. The van der Waals surface area contributed by atoms with E-state index in [0.29, 0.717) is 18.1 Å². The molecule has 1 amide bonds. The maximum Gasteiger partial charge on any atom is 0.234 e. The zero-order chi connectivity index (χ0) is 17.4. The van der Waals surface area contributed by atoms with Crippen LogP contribution in [0.2, 0.25) is 0 Å². The third-order valence-corrected chi connectivity index (χ3v) is 4.69. The van der Waals surface area contributed by atoms with Crippen LogP contribution in [0.1, 0.15) is 12.7 Å². The Bertz CT molecular complexity index is 739. The molecular weight excluding hydrogens is 332 g/mol. The summed E-state index contributed by atoms with van der Waals surface area (Å²) >= 11 is 0. The minimum atomic E-state index is -3.51. The van der Waals surface area contributed by atoms with Crippen molar-refractivity contribution in [1.82, 2.24) is 10.6 Å². The van der Waals surface area contributed by atoms with Gasteiger partial charge in [0.15, 0.2) is 9.84 Å². The fourth-order valence-corrected chi connectivity index (χ4v) is 3.04. The number of ether oxygens (including phenoxy) is 1. The lowest BCUT2D eigenvalue weighted by Crippen LogP contribution is -2.35. The van der Waals surface area contributed by atoms with Gasteiger partial charge in [-0.15, -0.1) is 0 Å². The molecule has 1 aromatic heterocycles. The topological polar surface area (TPSA) is 97.6 Å². The van der Waals surface area contributed by atoms with Crippen molar-refractivity contribution in [3.63, 3.8) is 0 Å². The highest BCUT2D eigenvalue weighted by atomic mass is 32.2. The van der Waals surface area contributed by atoms with Gasteiger partial charge in [0.2, 0.25) is 5.91 Å². The van der Waals surface area contributed by atoms with Crippen LogP contribution in [0, 0.1) is 0 Å². The van der Waals surface area contributed by atoms with Gasteiger partial charge in [0.05, 0.1) is 30.9 Å². The molecule has 0 saturated heterocycles. The van der Waals surface area contributed by atoms with E-state index in [-0.39, 0.29) is 29.8 Å². The summed E-state index contributed by atoms with van der Waals surface area (Å²) in [5.41, 5.74) is 0. The second kappa shape index (κ2) is 8.51. The smallest absolute Gasteiger partial charge is 0.234 e. The molecule has 2 aromatic rings. The first-order valence-corrected chi connectivity index (χ1v) is 9.12. The molecule has 7 nitrogen and oxygen atoms in total. The fraction of sp³-hybridized carbons (Fsp3) is 0.312. The van der Waals surface area contributed by atoms with Gasteiger partial charge in [-0.05, 0) is 43.3 Å². The number of rotatable bonds is 9. The first-order chi connectivity index (χ1) is 11.5. The zero-order valence-electron chi connectivity index (χ0n) is 13.3. The normalized spacial score (nSPS) is 11.2. The van der Waals surface area contributed by atoms with Crippen molar-refractivity contribution in [2.45, 2.75) is 18.4 Å². The van der Waals surface area contributed by atoms with Crippen LogP contribution in [0.3, 0.4) is 0 Å². The lowest BCUT2D eigenvalue weighted by atomic mass is 10.3. The summed E-state index contributed by atoms with van der Waals surface area (Å²) in [6.45, 7) is 2.53. The standard InChI is InChI=1S/C16H20N2O5S/c1-2-22-13-5-7-15(8-6-13)24(20,21)12-17-11-16(19)18-10-14-4-3-9-23-14/h3-9,17H,2,10-12H2,1H3,(H,18,19). The van der Waals surface area contributed by atoms with Crippen LogP contribution in [0.4, 0.5) is 0 Å². The van der Waals surface area contributed by atoms with Crippen molar-refractivity contribution >= 4 is 15.7 Å². The van der Waals surface area contributed by atoms with Gasteiger partial charge >= 0.3 is 0 Å². The number of benzene rings is 1. The fourth-order valence-electron chi connectivity index (χ4n) is 1.95. The Labute approximate surface area is 140 Å². The Morgan fingerprint density at radius 2 is 1.96 bits per heavy atom. The highest BCUT2D eigenvalue weighted by Crippen LogP contribution is 2.16. The zero-order valence-corrected chi connectivity index (χ0v) is 14.1. The number of sulfone groups is 1. The quantitative estimate of drug-likeness (QED) is 0.706. The van der Waals surface area contributed by atoms with Crippen molar-refractivity contribution < 1.29 is 22.4 Å². The molecule has 0 spiro atoms. The molecule has 24 heavy (non-hydrogen) atoms. The van der Waals surface area contributed by atoms with Crippen LogP contribution < -0.4 is 15.4 Å². The molecule has 0 bridgehead atoms. The van der Waals surface area contributed by atoms with E-state index in [4.69, 9.17) is 9.15 Å². The molecule has 1 heterocycles. The Morgan fingerprint density at radius 3 is 2.58 bits per heavy atom. The van der Waals surface area contributed by atoms with E-state index in [9.17, 15) is 13.2 Å². The molecule has 0 aliphatic carbocycles. The number of furan rings is 1. The van der Waals surface area contributed by atoms with Crippen LogP contribution in [0.5, 0.6) is 5.75 Å². The summed E-state index contributed by atoms with van der Waals surface area (Å²) in [7, 11) is -3.51. The van der Waals surface area contributed by atoms with Gasteiger partial charge in [-0.2, -0.15) is 0 Å². The summed E-state index contributed by atoms with van der Waals surface area (Å²) in [4.78, 5) is 11.8. The van der Waals surface area contributed by atoms with E-state index in [0.717, 1.165) is 0 Å². The van der Waals surface area contributed by atoms with E-state index in [2.05, 4.69) is 10.6 Å². The minimum Gasteiger partial charge on any atom is -0.494 e. The third kappa shape index (κ3) is 5.39. The first kappa shape index (κ1) is 18.0. The van der Waals surface area contributed by atoms with Crippen molar-refractivity contribution in [1.29, 1.82) is 0 Å². The highest BCUT2D eigenvalue weighted by molar-refractivity contribution is 7.91. The number of amides is 1. The van der Waals surface area contributed by atoms with Gasteiger partial charge in [0.25, 0.3) is 0 Å². The van der Waals surface area contributed by atoms with Gasteiger partial charge < -0.3 is 14.5 Å². The van der Waals surface area contributed by atoms with Crippen molar-refractivity contribution in [2.75, 3.05) is 19.0 Å². The summed E-state index contributed by atoms with van der Waals surface area (Å²) in [6.07, 6.45) is 1.52. The van der Waals surface area contributed by atoms with Gasteiger partial charge in [-0.1, -0.05) is 0 Å². The van der Waals surface area contributed by atoms with Crippen molar-refractivity contribution in [3.05, 3.63) is 48.4 Å². The number of carbonyl (C=O) groups is 1. The van der Waals surface area contributed by atoms with Gasteiger partial charge in [0, 0.05) is 0 Å². The molecule has 0 atom stereocenters. The highest BCUT2D eigenvalue weighted by Gasteiger charge is 2.14. The first-order valence-electron chi connectivity index (χ1n) is 7.46. The Morgan fingerprint density at radius 1 is 1.21 bits per heavy atom. The molecule has 0 radical (unpaired) electrons. The second-order valence-corrected chi connectivity index (χ2v) is 6.94. The molecule has 8 heteroatoms. The monoisotopic (exact) mass is 352 g/mol. The number of nitrogens with one attached hydrogen (secondary N) is 2. The predicted molar refractivity (Wildman–Crippen MR) is 88.2 cm³/mol. The molecule has 0 aliphatic heterocycles. The van der Waals surface area contributed by atoms with E-state index >= 15 is 0 Å². The lowest BCUT2D eigenvalue weighted by Gasteiger charge is -2.08. The maximum absolute atomic E-state index is 12.2. The summed E-state index contributed by atoms with van der Waals surface area (Å²) in [5, 5.41) is 5.26. The molecule has 0 fully saturated rings. The Kier molecular flexibility index (Phi) is 6.39. The van der Waals surface area contributed by atoms with Crippen molar-refractivity contribution in [2.24, 2.45) is 0 Å². The number of carbonyl (C=O) groups excluding carboxylic acids is 1. The molecule has 1 aromatic carbocycles. The molecule has 2 rings (SSSR count). The molecule has 2 N–H and O–H groups in total. The van der Waals surface area contributed by atoms with Gasteiger partial charge in [-0.3, -0.25) is 10.1 Å². The maximum atomic E-state index is 12.2. The number of hydrogen-bond donors (Lipinski definition) is 2. The molecule has 130 valence electrons. The van der Waals surface area contributed by atoms with Gasteiger partial charge in [-0.25, -0.2) is 8.42 Å². The summed E-state index contributed by atoms with van der Waals surface area (Å²) in [5.74, 6) is 0.607. The molecule has 0 aliphatic rings. The SMILES string of the molecule is CCOc1ccc(S(=O)(=O)CNCC(=O)NCc2ccco2)cc1. The van der Waals surface area contributed by atoms with Crippen LogP contribution in [-0.2, 0) is 21.2 Å². The van der Waals surface area contributed by atoms with E-state index in [1.807, 2.05) is 6.92 Å². The van der Waals surface area contributed by atoms with Crippen LogP contribution in [-0.4, -0.2) is 33.4 Å². The van der Waals surface area contributed by atoms with Crippen LogP contribution in [0.15, 0.2) is 52.0 Å². The molecule has 0 unspecified atom stereocenters. The second-order valence-electron chi connectivity index (χ2n) is 4.95. The van der Waals surface area contributed by atoms with E-state index in [1.165, 1.54) is 18.4 Å².